The van der Waals surface area contributed by atoms with Crippen LogP contribution in [0.1, 0.15) is 60.0 Å². The van der Waals surface area contributed by atoms with E-state index in [0.717, 1.165) is 44.0 Å². The highest BCUT2D eigenvalue weighted by atomic mass is 19.1. The molecule has 0 radical (unpaired) electrons. The number of pyridine rings is 2. The van der Waals surface area contributed by atoms with Crippen molar-refractivity contribution in [1.29, 1.82) is 0 Å². The molecule has 0 bridgehead atoms. The smallest absolute Gasteiger partial charge is 0.341 e. The van der Waals surface area contributed by atoms with Crippen molar-refractivity contribution in [2.45, 2.75) is 51.5 Å². The number of aromatic nitrogens is 1. The zero-order valence-corrected chi connectivity index (χ0v) is 16.2. The molecule has 2 aromatic rings. The molecule has 1 saturated carbocycles. The number of carboxylic acid groups (broad SMARTS) is 1. The van der Waals surface area contributed by atoms with Crippen LogP contribution in [0.4, 0.5) is 10.1 Å². The molecule has 1 aliphatic heterocycles. The van der Waals surface area contributed by atoms with Gasteiger partial charge in [0.25, 0.3) is 5.56 Å². The van der Waals surface area contributed by atoms with Crippen molar-refractivity contribution in [3.8, 4) is 0 Å². The summed E-state index contributed by atoms with van der Waals surface area (Å²) < 4.78 is 16.4. The molecule has 3 heterocycles. The van der Waals surface area contributed by atoms with Crippen molar-refractivity contribution >= 4 is 17.2 Å². The second kappa shape index (κ2) is 6.88. The summed E-state index contributed by atoms with van der Waals surface area (Å²) in [5.41, 5.74) is 7.85. The van der Waals surface area contributed by atoms with Crippen molar-refractivity contribution in [3.05, 3.63) is 45.1 Å². The fourth-order valence-electron chi connectivity index (χ4n) is 4.61. The number of aryl methyl sites for hydroxylation is 1. The molecule has 3 N–H and O–H groups in total. The second-order valence-corrected chi connectivity index (χ2v) is 8.24. The van der Waals surface area contributed by atoms with Crippen LogP contribution in [0.2, 0.25) is 0 Å². The molecule has 4 rings (SSSR count). The van der Waals surface area contributed by atoms with Crippen molar-refractivity contribution in [3.63, 3.8) is 0 Å². The molecule has 150 valence electrons. The number of carbonyl (C=O) groups is 1. The number of fused-ring (bicyclic) bond motifs is 1. The van der Waals surface area contributed by atoms with Crippen LogP contribution < -0.4 is 16.2 Å². The van der Waals surface area contributed by atoms with Gasteiger partial charge in [-0.25, -0.2) is 9.18 Å². The van der Waals surface area contributed by atoms with Gasteiger partial charge in [-0.2, -0.15) is 0 Å². The molecule has 2 atom stereocenters. The zero-order chi connectivity index (χ0) is 20.2. The zero-order valence-electron chi connectivity index (χ0n) is 16.2. The Bertz CT molecular complexity index is 1010. The Kier molecular flexibility index (Phi) is 4.65. The van der Waals surface area contributed by atoms with E-state index in [1.165, 1.54) is 10.5 Å². The first kappa shape index (κ1) is 18.9. The van der Waals surface area contributed by atoms with Crippen molar-refractivity contribution in [2.24, 2.45) is 11.7 Å². The van der Waals surface area contributed by atoms with E-state index in [0.29, 0.717) is 29.2 Å². The molecule has 0 spiro atoms. The quantitative estimate of drug-likeness (QED) is 0.842. The lowest BCUT2D eigenvalue weighted by Crippen LogP contribution is -2.47. The van der Waals surface area contributed by atoms with Crippen LogP contribution in [-0.4, -0.2) is 34.6 Å². The fraction of sp³-hybridized carbons (Fsp3) is 0.524. The Morgan fingerprint density at radius 2 is 2.07 bits per heavy atom. The van der Waals surface area contributed by atoms with E-state index in [2.05, 4.69) is 6.92 Å². The fourth-order valence-corrected chi connectivity index (χ4v) is 4.61. The van der Waals surface area contributed by atoms with Crippen LogP contribution in [0.5, 0.6) is 0 Å². The number of aromatic carboxylic acids is 1. The molecule has 2 aliphatic rings. The largest absolute Gasteiger partial charge is 0.477 e. The van der Waals surface area contributed by atoms with Crippen LogP contribution in [0.25, 0.3) is 5.52 Å². The number of carboxylic acids is 1. The molecule has 0 unspecified atom stereocenters. The standard InChI is InChI=1S/C21H26FN3O3/c1-3-12-6-14(23)9-24(8-12)19-11(2)18-15(13-4-5-13)7-16(21(27)28)20(26)25(18)10-17(19)22/h7,10,12-14H,3-6,8-9,23H2,1-2H3,(H,27,28)/t12-,14-/m0/s1. The number of halogens is 1. The van der Waals surface area contributed by atoms with E-state index in [4.69, 9.17) is 5.73 Å². The first-order valence-electron chi connectivity index (χ1n) is 9.94. The SMILES string of the molecule is CC[C@H]1C[C@H](N)CN(c2c(F)cn3c(=O)c(C(=O)O)cc(C4CC4)c3c2C)C1. The lowest BCUT2D eigenvalue weighted by atomic mass is 9.91. The Morgan fingerprint density at radius 3 is 2.68 bits per heavy atom. The molecule has 2 fully saturated rings. The van der Waals surface area contributed by atoms with Gasteiger partial charge in [0.2, 0.25) is 0 Å². The van der Waals surface area contributed by atoms with Crippen LogP contribution in [0, 0.1) is 18.7 Å². The monoisotopic (exact) mass is 387 g/mol. The highest BCUT2D eigenvalue weighted by Crippen LogP contribution is 2.44. The van der Waals surface area contributed by atoms with E-state index in [1.54, 1.807) is 0 Å². The molecule has 28 heavy (non-hydrogen) atoms. The Labute approximate surface area is 162 Å². The number of nitrogens with two attached hydrogens (primary N) is 1. The predicted molar refractivity (Wildman–Crippen MR) is 106 cm³/mol. The van der Waals surface area contributed by atoms with Gasteiger partial charge in [0, 0.05) is 19.1 Å². The van der Waals surface area contributed by atoms with E-state index >= 15 is 4.39 Å². The first-order chi connectivity index (χ1) is 13.3. The summed E-state index contributed by atoms with van der Waals surface area (Å²) in [6, 6.07) is 1.47. The maximum atomic E-state index is 15.2. The molecule has 7 heteroatoms. The van der Waals surface area contributed by atoms with Gasteiger partial charge < -0.3 is 15.7 Å². The van der Waals surface area contributed by atoms with Gasteiger partial charge in [0.1, 0.15) is 5.56 Å². The third-order valence-corrected chi connectivity index (χ3v) is 6.15. The topological polar surface area (TPSA) is 88.0 Å². The predicted octanol–water partition coefficient (Wildman–Crippen LogP) is 2.89. The number of hydrogen-bond acceptors (Lipinski definition) is 4. The number of hydrogen-bond donors (Lipinski definition) is 2. The van der Waals surface area contributed by atoms with Crippen LogP contribution in [0.15, 0.2) is 17.1 Å². The highest BCUT2D eigenvalue weighted by Gasteiger charge is 2.32. The number of piperidine rings is 1. The van der Waals surface area contributed by atoms with Gasteiger partial charge in [-0.3, -0.25) is 9.20 Å². The van der Waals surface area contributed by atoms with Crippen molar-refractivity contribution in [1.82, 2.24) is 4.40 Å². The summed E-state index contributed by atoms with van der Waals surface area (Å²) in [5.74, 6) is -1.17. The maximum absolute atomic E-state index is 15.2. The molecule has 6 nitrogen and oxygen atoms in total. The van der Waals surface area contributed by atoms with Crippen LogP contribution in [-0.2, 0) is 0 Å². The molecule has 0 amide bonds. The Morgan fingerprint density at radius 1 is 1.36 bits per heavy atom. The Balaban J connectivity index is 1.95. The summed E-state index contributed by atoms with van der Waals surface area (Å²) in [6.07, 6.45) is 4.96. The van der Waals surface area contributed by atoms with Crippen LogP contribution >= 0.6 is 0 Å². The van der Waals surface area contributed by atoms with Gasteiger partial charge in [0.15, 0.2) is 5.82 Å². The lowest BCUT2D eigenvalue weighted by Gasteiger charge is -2.38. The number of rotatable bonds is 4. The third kappa shape index (κ3) is 3.07. The Hall–Kier alpha value is -2.41. The highest BCUT2D eigenvalue weighted by molar-refractivity contribution is 5.89. The second-order valence-electron chi connectivity index (χ2n) is 8.24. The van der Waals surface area contributed by atoms with E-state index in [-0.39, 0.29) is 17.5 Å². The number of anilines is 1. The minimum atomic E-state index is -1.28. The lowest BCUT2D eigenvalue weighted by molar-refractivity contribution is 0.0694. The molecular formula is C21H26FN3O3. The van der Waals surface area contributed by atoms with E-state index in [1.807, 2.05) is 11.8 Å². The van der Waals surface area contributed by atoms with Crippen molar-refractivity contribution in [2.75, 3.05) is 18.0 Å². The average Bonchev–Trinajstić information content (AvgIpc) is 3.46. The minimum Gasteiger partial charge on any atom is -0.477 e. The van der Waals surface area contributed by atoms with Gasteiger partial charge >= 0.3 is 5.97 Å². The summed E-state index contributed by atoms with van der Waals surface area (Å²) in [6.45, 7) is 5.23. The molecule has 1 saturated heterocycles. The summed E-state index contributed by atoms with van der Waals surface area (Å²) in [7, 11) is 0. The van der Waals surface area contributed by atoms with Gasteiger partial charge in [-0.1, -0.05) is 13.3 Å². The van der Waals surface area contributed by atoms with Crippen LogP contribution in [0.3, 0.4) is 0 Å². The van der Waals surface area contributed by atoms with Gasteiger partial charge in [0.05, 0.1) is 17.4 Å². The summed E-state index contributed by atoms with van der Waals surface area (Å²) in [4.78, 5) is 26.2. The minimum absolute atomic E-state index is 0.0202. The molecular weight excluding hydrogens is 361 g/mol. The van der Waals surface area contributed by atoms with E-state index in [9.17, 15) is 14.7 Å². The molecule has 1 aliphatic carbocycles. The summed E-state index contributed by atoms with van der Waals surface area (Å²) in [5, 5.41) is 9.41. The average molecular weight is 387 g/mol. The maximum Gasteiger partial charge on any atom is 0.341 e. The third-order valence-electron chi connectivity index (χ3n) is 6.15. The van der Waals surface area contributed by atoms with Crippen molar-refractivity contribution < 1.29 is 14.3 Å². The molecule has 0 aromatic carbocycles. The normalized spacial score (nSPS) is 22.6. The van der Waals surface area contributed by atoms with Gasteiger partial charge in [-0.05, 0) is 55.2 Å². The first-order valence-corrected chi connectivity index (χ1v) is 9.94. The summed E-state index contributed by atoms with van der Waals surface area (Å²) >= 11 is 0. The van der Waals surface area contributed by atoms with Gasteiger partial charge in [-0.15, -0.1) is 0 Å². The van der Waals surface area contributed by atoms with E-state index < -0.39 is 17.3 Å². The molecule has 2 aromatic heterocycles. The number of nitrogens with zero attached hydrogens (tertiary/aromatic N) is 2.